The third-order valence-corrected chi connectivity index (χ3v) is 7.00. The maximum Gasteiger partial charge on any atom is 0.227 e. The summed E-state index contributed by atoms with van der Waals surface area (Å²) in [5.74, 6) is 2.96. The zero-order valence-electron chi connectivity index (χ0n) is 22.7. The fourth-order valence-electron chi connectivity index (χ4n) is 4.56. The number of aromatic nitrogens is 3. The van der Waals surface area contributed by atoms with Crippen LogP contribution in [0.3, 0.4) is 0 Å². The highest BCUT2D eigenvalue weighted by Crippen LogP contribution is 2.37. The number of ether oxygens (including phenoxy) is 2. The summed E-state index contributed by atoms with van der Waals surface area (Å²) >= 11 is 6.68. The van der Waals surface area contributed by atoms with Gasteiger partial charge in [0.1, 0.15) is 22.9 Å². The van der Waals surface area contributed by atoms with Gasteiger partial charge in [0.05, 0.1) is 24.9 Å². The van der Waals surface area contributed by atoms with Crippen LogP contribution in [0.15, 0.2) is 53.1 Å². The van der Waals surface area contributed by atoms with Gasteiger partial charge in [-0.05, 0) is 49.9 Å². The first-order valence-corrected chi connectivity index (χ1v) is 13.4. The number of hydrogen-bond acceptors (Lipinski definition) is 9. The lowest BCUT2D eigenvalue weighted by molar-refractivity contribution is 0.313. The van der Waals surface area contributed by atoms with Crippen molar-refractivity contribution in [3.8, 4) is 34.2 Å². The molecule has 1 saturated heterocycles. The number of methoxy groups -OCH3 is 2. The van der Waals surface area contributed by atoms with Crippen molar-refractivity contribution in [2.45, 2.75) is 19.8 Å². The number of piperazine rings is 1. The van der Waals surface area contributed by atoms with Gasteiger partial charge in [0, 0.05) is 56.1 Å². The quantitative estimate of drug-likeness (QED) is 0.274. The molecule has 2 aromatic carbocycles. The molecule has 2 aromatic heterocycles. The van der Waals surface area contributed by atoms with Gasteiger partial charge in [-0.2, -0.15) is 0 Å². The lowest BCUT2D eigenvalue weighted by Gasteiger charge is -2.34. The normalized spacial score (nSPS) is 13.9. The molecule has 3 heterocycles. The van der Waals surface area contributed by atoms with Crippen LogP contribution in [0, 0.1) is 0 Å². The first-order chi connectivity index (χ1) is 19.0. The van der Waals surface area contributed by atoms with Gasteiger partial charge in [0.2, 0.25) is 5.95 Å². The minimum atomic E-state index is 0.429. The van der Waals surface area contributed by atoms with Crippen molar-refractivity contribution in [2.24, 2.45) is 0 Å². The van der Waals surface area contributed by atoms with E-state index in [1.807, 2.05) is 42.5 Å². The van der Waals surface area contributed by atoms with Gasteiger partial charge in [0.25, 0.3) is 0 Å². The number of benzene rings is 2. The SMILES string of the molecule is CCCc1nc(-c2cc(OC)cc(OC)c2)c(-c2ccnc(Nc3ccc(N4CCN(C)CC4)c(Cl)c3)n2)o1. The molecule has 0 atom stereocenters. The highest BCUT2D eigenvalue weighted by atomic mass is 35.5. The van der Waals surface area contributed by atoms with E-state index in [4.69, 9.17) is 35.5 Å². The maximum atomic E-state index is 6.68. The summed E-state index contributed by atoms with van der Waals surface area (Å²) < 4.78 is 17.2. The van der Waals surface area contributed by atoms with E-state index >= 15 is 0 Å². The first kappa shape index (κ1) is 26.8. The molecule has 0 amide bonds. The largest absolute Gasteiger partial charge is 0.497 e. The number of likely N-dealkylation sites (N-methyl/N-ethyl adjacent to an activating group) is 1. The summed E-state index contributed by atoms with van der Waals surface area (Å²) in [7, 11) is 5.38. The second-order valence-corrected chi connectivity index (χ2v) is 9.89. The lowest BCUT2D eigenvalue weighted by atomic mass is 10.1. The van der Waals surface area contributed by atoms with Crippen LogP contribution in [-0.2, 0) is 6.42 Å². The van der Waals surface area contributed by atoms with Crippen LogP contribution in [0.25, 0.3) is 22.7 Å². The molecule has 0 spiro atoms. The summed E-state index contributed by atoms with van der Waals surface area (Å²) in [4.78, 5) is 18.6. The molecule has 9 nitrogen and oxygen atoms in total. The van der Waals surface area contributed by atoms with Crippen molar-refractivity contribution in [1.82, 2.24) is 19.9 Å². The van der Waals surface area contributed by atoms with Crippen LogP contribution in [0.2, 0.25) is 5.02 Å². The highest BCUT2D eigenvalue weighted by molar-refractivity contribution is 6.33. The summed E-state index contributed by atoms with van der Waals surface area (Å²) in [6, 6.07) is 13.4. The average molecular weight is 549 g/mol. The summed E-state index contributed by atoms with van der Waals surface area (Å²) in [5, 5.41) is 3.97. The molecular formula is C29H33ClN6O3. The maximum absolute atomic E-state index is 6.68. The Morgan fingerprint density at radius 1 is 0.974 bits per heavy atom. The predicted molar refractivity (Wildman–Crippen MR) is 155 cm³/mol. The molecule has 1 aliphatic rings. The molecular weight excluding hydrogens is 516 g/mol. The Bertz CT molecular complexity index is 1410. The Morgan fingerprint density at radius 3 is 2.38 bits per heavy atom. The van der Waals surface area contributed by atoms with Gasteiger partial charge in [-0.3, -0.25) is 0 Å². The van der Waals surface area contributed by atoms with Crippen molar-refractivity contribution in [3.05, 3.63) is 59.6 Å². The minimum absolute atomic E-state index is 0.429. The Hall–Kier alpha value is -3.82. The second kappa shape index (κ2) is 11.9. The first-order valence-electron chi connectivity index (χ1n) is 13.0. The molecule has 0 bridgehead atoms. The standard InChI is InChI=1S/C29H33ClN6O3/c1-5-6-26-34-27(19-15-21(37-3)18-22(16-19)38-4)28(39-26)24-9-10-31-29(33-24)32-20-7-8-25(23(30)17-20)36-13-11-35(2)12-14-36/h7-10,15-18H,5-6,11-14H2,1-4H3,(H,31,32,33). The molecule has 1 fully saturated rings. The van der Waals surface area contributed by atoms with Crippen molar-refractivity contribution in [3.63, 3.8) is 0 Å². The second-order valence-electron chi connectivity index (χ2n) is 9.48. The smallest absolute Gasteiger partial charge is 0.227 e. The zero-order chi connectivity index (χ0) is 27.4. The van der Waals surface area contributed by atoms with Crippen molar-refractivity contribution < 1.29 is 13.9 Å². The predicted octanol–water partition coefficient (Wildman–Crippen LogP) is 5.92. The van der Waals surface area contributed by atoms with Gasteiger partial charge >= 0.3 is 0 Å². The molecule has 204 valence electrons. The van der Waals surface area contributed by atoms with Crippen LogP contribution >= 0.6 is 11.6 Å². The summed E-state index contributed by atoms with van der Waals surface area (Å²) in [6.07, 6.45) is 3.31. The van der Waals surface area contributed by atoms with Crippen molar-refractivity contribution in [1.29, 1.82) is 0 Å². The van der Waals surface area contributed by atoms with E-state index in [0.717, 1.165) is 49.5 Å². The van der Waals surface area contributed by atoms with Crippen LogP contribution in [0.1, 0.15) is 19.2 Å². The number of nitrogens with one attached hydrogen (secondary N) is 1. The molecule has 5 rings (SSSR count). The van der Waals surface area contributed by atoms with E-state index in [0.29, 0.717) is 51.9 Å². The number of nitrogens with zero attached hydrogens (tertiary/aromatic N) is 5. The number of hydrogen-bond donors (Lipinski definition) is 1. The molecule has 1 aliphatic heterocycles. The van der Waals surface area contributed by atoms with E-state index in [-0.39, 0.29) is 0 Å². The van der Waals surface area contributed by atoms with Crippen LogP contribution in [-0.4, -0.2) is 67.3 Å². The van der Waals surface area contributed by atoms with E-state index < -0.39 is 0 Å². The topological polar surface area (TPSA) is 88.8 Å². The molecule has 39 heavy (non-hydrogen) atoms. The van der Waals surface area contributed by atoms with Crippen molar-refractivity contribution in [2.75, 3.05) is 57.7 Å². The molecule has 0 radical (unpaired) electrons. The molecule has 0 aliphatic carbocycles. The fourth-order valence-corrected chi connectivity index (χ4v) is 4.86. The number of oxazole rings is 1. The van der Waals surface area contributed by atoms with Crippen LogP contribution in [0.4, 0.5) is 17.3 Å². The van der Waals surface area contributed by atoms with Crippen LogP contribution in [0.5, 0.6) is 11.5 Å². The minimum Gasteiger partial charge on any atom is -0.497 e. The van der Waals surface area contributed by atoms with Crippen LogP contribution < -0.4 is 19.7 Å². The average Bonchev–Trinajstić information content (AvgIpc) is 3.38. The monoisotopic (exact) mass is 548 g/mol. The molecule has 1 N–H and O–H groups in total. The molecule has 10 heteroatoms. The van der Waals surface area contributed by atoms with E-state index in [1.54, 1.807) is 20.4 Å². The van der Waals surface area contributed by atoms with Gasteiger partial charge in [-0.15, -0.1) is 0 Å². The van der Waals surface area contributed by atoms with Crippen molar-refractivity contribution >= 4 is 28.9 Å². The third kappa shape index (κ3) is 6.10. The van der Waals surface area contributed by atoms with Gasteiger partial charge in [-0.25, -0.2) is 15.0 Å². The zero-order valence-corrected chi connectivity index (χ0v) is 23.5. The molecule has 0 unspecified atom stereocenters. The Kier molecular flexibility index (Phi) is 8.18. The van der Waals surface area contributed by atoms with Gasteiger partial charge in [0.15, 0.2) is 11.7 Å². The van der Waals surface area contributed by atoms with E-state index in [9.17, 15) is 0 Å². The highest BCUT2D eigenvalue weighted by Gasteiger charge is 2.21. The van der Waals surface area contributed by atoms with Gasteiger partial charge < -0.3 is 29.0 Å². The van der Waals surface area contributed by atoms with E-state index in [1.165, 1.54) is 0 Å². The van der Waals surface area contributed by atoms with Gasteiger partial charge in [-0.1, -0.05) is 18.5 Å². The number of rotatable bonds is 9. The Balaban J connectivity index is 1.44. The summed E-state index contributed by atoms with van der Waals surface area (Å²) in [5.41, 5.74) is 3.93. The lowest BCUT2D eigenvalue weighted by Crippen LogP contribution is -2.44. The number of aryl methyl sites for hydroxylation is 1. The molecule has 4 aromatic rings. The molecule has 0 saturated carbocycles. The number of halogens is 1. The number of anilines is 3. The Labute approximate surface area is 233 Å². The Morgan fingerprint density at radius 2 is 1.72 bits per heavy atom. The fraction of sp³-hybridized carbons (Fsp3) is 0.345. The third-order valence-electron chi connectivity index (χ3n) is 6.70. The van der Waals surface area contributed by atoms with E-state index in [2.05, 4.69) is 34.1 Å². The summed E-state index contributed by atoms with van der Waals surface area (Å²) in [6.45, 7) is 6.02.